The highest BCUT2D eigenvalue weighted by atomic mass is 32.2. The van der Waals surface area contributed by atoms with Crippen LogP contribution in [-0.2, 0) is 21.2 Å². The van der Waals surface area contributed by atoms with Crippen LogP contribution < -0.4 is 0 Å². The van der Waals surface area contributed by atoms with Crippen molar-refractivity contribution in [3.05, 3.63) is 83.9 Å². The van der Waals surface area contributed by atoms with Crippen molar-refractivity contribution >= 4 is 33.2 Å². The van der Waals surface area contributed by atoms with E-state index in [4.69, 9.17) is 5.10 Å². The molecule has 0 aliphatic carbocycles. The molecule has 32 heavy (non-hydrogen) atoms. The van der Waals surface area contributed by atoms with Crippen LogP contribution in [0.25, 0.3) is 16.6 Å². The Balaban J connectivity index is 1.59. The van der Waals surface area contributed by atoms with Crippen LogP contribution in [0.3, 0.4) is 0 Å². The molecule has 1 atom stereocenters. The summed E-state index contributed by atoms with van der Waals surface area (Å²) in [7, 11) is -3.09. The standard InChI is InChI=1S/C24H25N3O3S2/c1-2-13-27(21-12-15-32(29,30)18-21)23(28)11-10-20-17-26(16-19-7-4-3-5-8-19)25-24(20)22-9-6-14-31-22/h2-11,14,17,21H,1,12-13,15-16,18H2/b11-10+. The molecular formula is C24H25N3O3S2. The van der Waals surface area contributed by atoms with Gasteiger partial charge in [-0.25, -0.2) is 8.42 Å². The molecule has 0 saturated carbocycles. The fraction of sp³-hybridized carbons (Fsp3) is 0.250. The van der Waals surface area contributed by atoms with E-state index in [2.05, 4.69) is 6.58 Å². The number of hydrogen-bond donors (Lipinski definition) is 0. The highest BCUT2D eigenvalue weighted by Crippen LogP contribution is 2.28. The zero-order valence-electron chi connectivity index (χ0n) is 17.6. The van der Waals surface area contributed by atoms with Gasteiger partial charge in [0.2, 0.25) is 5.91 Å². The van der Waals surface area contributed by atoms with Gasteiger partial charge in [0.25, 0.3) is 0 Å². The van der Waals surface area contributed by atoms with Gasteiger partial charge >= 0.3 is 0 Å². The Morgan fingerprint density at radius 2 is 2.06 bits per heavy atom. The van der Waals surface area contributed by atoms with Crippen LogP contribution in [0.1, 0.15) is 17.5 Å². The van der Waals surface area contributed by atoms with Crippen molar-refractivity contribution < 1.29 is 13.2 Å². The van der Waals surface area contributed by atoms with Crippen LogP contribution in [0.4, 0.5) is 0 Å². The van der Waals surface area contributed by atoms with Crippen LogP contribution in [0.2, 0.25) is 0 Å². The summed E-state index contributed by atoms with van der Waals surface area (Å²) < 4.78 is 25.7. The molecule has 1 aliphatic rings. The van der Waals surface area contributed by atoms with Crippen molar-refractivity contribution in [2.45, 2.75) is 19.0 Å². The van der Waals surface area contributed by atoms with Gasteiger partial charge in [0, 0.05) is 30.4 Å². The third kappa shape index (κ3) is 5.26. The Hall–Kier alpha value is -2.97. The molecule has 1 aromatic carbocycles. The Labute approximate surface area is 192 Å². The second-order valence-electron chi connectivity index (χ2n) is 7.76. The Morgan fingerprint density at radius 3 is 2.72 bits per heavy atom. The van der Waals surface area contributed by atoms with Gasteiger partial charge in [-0.05, 0) is 29.5 Å². The number of nitrogens with zero attached hydrogens (tertiary/aromatic N) is 3. The topological polar surface area (TPSA) is 72.3 Å². The fourth-order valence-corrected chi connectivity index (χ4v) is 6.31. The van der Waals surface area contributed by atoms with Crippen LogP contribution in [0.5, 0.6) is 0 Å². The Kier molecular flexibility index (Phi) is 6.72. The summed E-state index contributed by atoms with van der Waals surface area (Å²) in [5, 5.41) is 6.76. The molecule has 166 valence electrons. The van der Waals surface area contributed by atoms with E-state index in [1.807, 2.05) is 58.7 Å². The van der Waals surface area contributed by atoms with Gasteiger partial charge in [0.05, 0.1) is 22.9 Å². The van der Waals surface area contributed by atoms with Gasteiger partial charge in [-0.1, -0.05) is 42.5 Å². The van der Waals surface area contributed by atoms with Crippen molar-refractivity contribution in [3.8, 4) is 10.6 Å². The molecule has 1 aliphatic heterocycles. The summed E-state index contributed by atoms with van der Waals surface area (Å²) in [5.41, 5.74) is 2.80. The zero-order chi connectivity index (χ0) is 22.6. The molecule has 3 aromatic rings. The highest BCUT2D eigenvalue weighted by Gasteiger charge is 2.33. The molecule has 1 amide bonds. The van der Waals surface area contributed by atoms with Crippen molar-refractivity contribution in [1.29, 1.82) is 0 Å². The SMILES string of the molecule is C=CCN(C(=O)/C=C/c1cn(Cc2ccccc2)nc1-c1cccs1)C1CCS(=O)(=O)C1. The molecule has 0 radical (unpaired) electrons. The maximum Gasteiger partial charge on any atom is 0.247 e. The van der Waals surface area contributed by atoms with Gasteiger partial charge < -0.3 is 4.90 Å². The van der Waals surface area contributed by atoms with Gasteiger partial charge in [0.1, 0.15) is 5.69 Å². The monoisotopic (exact) mass is 467 g/mol. The van der Waals surface area contributed by atoms with Gasteiger partial charge in [-0.15, -0.1) is 17.9 Å². The van der Waals surface area contributed by atoms with Crippen LogP contribution in [0, 0.1) is 0 Å². The number of hydrogen-bond acceptors (Lipinski definition) is 5. The summed E-state index contributed by atoms with van der Waals surface area (Å²) in [6, 6.07) is 13.7. The smallest absolute Gasteiger partial charge is 0.247 e. The molecular weight excluding hydrogens is 442 g/mol. The molecule has 0 spiro atoms. The summed E-state index contributed by atoms with van der Waals surface area (Å²) in [6.45, 7) is 4.66. The number of carbonyl (C=O) groups is 1. The third-order valence-corrected chi connectivity index (χ3v) is 8.02. The average Bonchev–Trinajstić information content (AvgIpc) is 3.51. The van der Waals surface area contributed by atoms with E-state index >= 15 is 0 Å². The predicted octanol–water partition coefficient (Wildman–Crippen LogP) is 3.87. The molecule has 1 fully saturated rings. The molecule has 6 nitrogen and oxygen atoms in total. The maximum absolute atomic E-state index is 13.0. The van der Waals surface area contributed by atoms with E-state index < -0.39 is 9.84 Å². The largest absolute Gasteiger partial charge is 0.331 e. The summed E-state index contributed by atoms with van der Waals surface area (Å²) in [4.78, 5) is 15.6. The van der Waals surface area contributed by atoms with Gasteiger partial charge in [0.15, 0.2) is 9.84 Å². The average molecular weight is 468 g/mol. The highest BCUT2D eigenvalue weighted by molar-refractivity contribution is 7.91. The van der Waals surface area contributed by atoms with Gasteiger partial charge in [-0.3, -0.25) is 9.48 Å². The first kappa shape index (κ1) is 22.2. The second kappa shape index (κ2) is 9.67. The second-order valence-corrected chi connectivity index (χ2v) is 10.9. The lowest BCUT2D eigenvalue weighted by Gasteiger charge is -2.25. The Bertz CT molecular complexity index is 1210. The predicted molar refractivity (Wildman–Crippen MR) is 129 cm³/mol. The molecule has 0 bridgehead atoms. The van der Waals surface area contributed by atoms with Crippen molar-refractivity contribution in [3.63, 3.8) is 0 Å². The lowest BCUT2D eigenvalue weighted by Crippen LogP contribution is -2.40. The number of amides is 1. The van der Waals surface area contributed by atoms with Crippen LogP contribution in [-0.4, -0.2) is 53.1 Å². The first-order chi connectivity index (χ1) is 15.4. The summed E-state index contributed by atoms with van der Waals surface area (Å²) in [5.74, 6) is -0.0904. The molecule has 4 rings (SSSR count). The summed E-state index contributed by atoms with van der Waals surface area (Å²) >= 11 is 1.59. The van der Waals surface area contributed by atoms with Crippen LogP contribution >= 0.6 is 11.3 Å². The first-order valence-corrected chi connectivity index (χ1v) is 13.1. The number of rotatable bonds is 8. The minimum Gasteiger partial charge on any atom is -0.331 e. The van der Waals surface area contributed by atoms with E-state index in [1.165, 1.54) is 6.08 Å². The quantitative estimate of drug-likeness (QED) is 0.372. The van der Waals surface area contributed by atoms with E-state index in [0.717, 1.165) is 21.7 Å². The fourth-order valence-electron chi connectivity index (χ4n) is 3.85. The molecule has 0 N–H and O–H groups in total. The van der Waals surface area contributed by atoms with E-state index in [-0.39, 0.29) is 23.5 Å². The zero-order valence-corrected chi connectivity index (χ0v) is 19.3. The Morgan fingerprint density at radius 1 is 1.25 bits per heavy atom. The van der Waals surface area contributed by atoms with Crippen molar-refractivity contribution in [2.24, 2.45) is 0 Å². The number of carbonyl (C=O) groups excluding carboxylic acids is 1. The maximum atomic E-state index is 13.0. The molecule has 1 saturated heterocycles. The summed E-state index contributed by atoms with van der Waals surface area (Å²) in [6.07, 6.45) is 7.31. The molecule has 2 aromatic heterocycles. The number of benzene rings is 1. The molecule has 1 unspecified atom stereocenters. The molecule has 8 heteroatoms. The van der Waals surface area contributed by atoms with E-state index in [9.17, 15) is 13.2 Å². The van der Waals surface area contributed by atoms with Crippen LogP contribution in [0.15, 0.2) is 72.8 Å². The minimum atomic E-state index is -3.09. The van der Waals surface area contributed by atoms with Crippen molar-refractivity contribution in [2.75, 3.05) is 18.1 Å². The normalized spacial score (nSPS) is 17.6. The van der Waals surface area contributed by atoms with Crippen molar-refractivity contribution in [1.82, 2.24) is 14.7 Å². The third-order valence-electron chi connectivity index (χ3n) is 5.40. The van der Waals surface area contributed by atoms with E-state index in [0.29, 0.717) is 19.5 Å². The number of sulfone groups is 1. The lowest BCUT2D eigenvalue weighted by atomic mass is 10.2. The lowest BCUT2D eigenvalue weighted by molar-refractivity contribution is -0.127. The van der Waals surface area contributed by atoms with E-state index in [1.54, 1.807) is 28.4 Å². The number of thiophene rings is 1. The first-order valence-electron chi connectivity index (χ1n) is 10.4. The minimum absolute atomic E-state index is 0.00980. The number of aromatic nitrogens is 2. The van der Waals surface area contributed by atoms with Gasteiger partial charge in [-0.2, -0.15) is 5.10 Å². The molecule has 3 heterocycles.